The van der Waals surface area contributed by atoms with E-state index >= 15 is 0 Å². The van der Waals surface area contributed by atoms with Crippen LogP contribution in [0, 0.1) is 17.0 Å². The molecule has 0 aromatic heterocycles. The first-order chi connectivity index (χ1) is 8.97. The van der Waals surface area contributed by atoms with Gasteiger partial charge in [0, 0.05) is 17.6 Å². The molecule has 0 aliphatic heterocycles. The van der Waals surface area contributed by atoms with Crippen LogP contribution in [0.2, 0.25) is 0 Å². The van der Waals surface area contributed by atoms with Gasteiger partial charge in [-0.3, -0.25) is 4.79 Å². The lowest BCUT2D eigenvalue weighted by molar-refractivity contribution is 0.0932. The molecule has 104 valence electrons. The van der Waals surface area contributed by atoms with Gasteiger partial charge in [0.2, 0.25) is 0 Å². The molecule has 0 atom stereocenters. The van der Waals surface area contributed by atoms with Gasteiger partial charge < -0.3 is 10.4 Å². The summed E-state index contributed by atoms with van der Waals surface area (Å²) in [6.45, 7) is 0.387. The summed E-state index contributed by atoms with van der Waals surface area (Å²) in [4.78, 5) is 11.8. The second-order valence-corrected chi connectivity index (χ2v) is 5.82. The molecule has 1 aliphatic carbocycles. The van der Waals surface area contributed by atoms with Crippen LogP contribution in [0.3, 0.4) is 0 Å². The van der Waals surface area contributed by atoms with Crippen molar-refractivity contribution in [2.24, 2.45) is 5.41 Å². The van der Waals surface area contributed by atoms with E-state index in [1.165, 1.54) is 0 Å². The minimum absolute atomic E-state index is 0.0525. The summed E-state index contributed by atoms with van der Waals surface area (Å²) in [5, 5.41) is 11.4. The fourth-order valence-corrected chi connectivity index (χ4v) is 2.45. The van der Waals surface area contributed by atoms with E-state index in [0.29, 0.717) is 13.0 Å². The van der Waals surface area contributed by atoms with Crippen LogP contribution in [0.1, 0.15) is 29.6 Å². The third-order valence-electron chi connectivity index (χ3n) is 3.46. The summed E-state index contributed by atoms with van der Waals surface area (Å²) >= 11 is 2.96. The molecule has 0 saturated heterocycles. The lowest BCUT2D eigenvalue weighted by Crippen LogP contribution is -2.32. The van der Waals surface area contributed by atoms with Crippen LogP contribution in [0.15, 0.2) is 16.6 Å². The number of hydrogen-bond acceptors (Lipinski definition) is 2. The van der Waals surface area contributed by atoms with Crippen molar-refractivity contribution in [1.82, 2.24) is 5.32 Å². The van der Waals surface area contributed by atoms with Crippen molar-refractivity contribution in [3.05, 3.63) is 33.8 Å². The van der Waals surface area contributed by atoms with Crippen LogP contribution in [0.4, 0.5) is 8.78 Å². The Morgan fingerprint density at radius 1 is 1.37 bits per heavy atom. The maximum atomic E-state index is 13.6. The van der Waals surface area contributed by atoms with Crippen molar-refractivity contribution < 1.29 is 18.7 Å². The molecule has 6 heteroatoms. The molecule has 0 bridgehead atoms. The van der Waals surface area contributed by atoms with Crippen LogP contribution < -0.4 is 5.32 Å². The number of nitrogens with one attached hydrogen (secondary N) is 1. The predicted octanol–water partition coefficient (Wildman–Crippen LogP) is 2.62. The number of aliphatic hydroxyl groups is 1. The van der Waals surface area contributed by atoms with E-state index in [9.17, 15) is 13.6 Å². The van der Waals surface area contributed by atoms with Crippen LogP contribution in [-0.2, 0) is 0 Å². The molecule has 2 N–H and O–H groups in total. The zero-order valence-corrected chi connectivity index (χ0v) is 11.8. The molecule has 1 aromatic carbocycles. The summed E-state index contributed by atoms with van der Waals surface area (Å²) < 4.78 is 27.4. The molecule has 1 amide bonds. The molecular weight excluding hydrogens is 320 g/mol. The number of carbonyl (C=O) groups excluding carboxylic acids is 1. The Balaban J connectivity index is 2.05. The quantitative estimate of drug-likeness (QED) is 0.870. The molecule has 1 fully saturated rings. The van der Waals surface area contributed by atoms with Gasteiger partial charge in [0.15, 0.2) is 0 Å². The summed E-state index contributed by atoms with van der Waals surface area (Å²) in [6, 6.07) is 2.11. The monoisotopic (exact) mass is 333 g/mol. The van der Waals surface area contributed by atoms with Gasteiger partial charge >= 0.3 is 0 Å². The van der Waals surface area contributed by atoms with Gasteiger partial charge in [0.1, 0.15) is 17.2 Å². The zero-order chi connectivity index (χ0) is 14.0. The van der Waals surface area contributed by atoms with Gasteiger partial charge in [-0.2, -0.15) is 0 Å². The van der Waals surface area contributed by atoms with E-state index in [1.54, 1.807) is 0 Å². The summed E-state index contributed by atoms with van der Waals surface area (Å²) in [5.74, 6) is -2.54. The van der Waals surface area contributed by atoms with Crippen molar-refractivity contribution in [1.29, 1.82) is 0 Å². The van der Waals surface area contributed by atoms with Crippen molar-refractivity contribution in [2.45, 2.75) is 19.3 Å². The molecule has 1 aliphatic rings. The van der Waals surface area contributed by atoms with E-state index in [-0.39, 0.29) is 16.5 Å². The van der Waals surface area contributed by atoms with E-state index < -0.39 is 23.1 Å². The molecule has 19 heavy (non-hydrogen) atoms. The largest absolute Gasteiger partial charge is 0.396 e. The molecular formula is C13H14BrF2NO2. The standard InChI is InChI=1S/C13H14BrF2NO2/c14-8-5-9(15)11(10(16)6-8)12(19)17-7-13(1-2-13)3-4-18/h5-6,18H,1-4,7H2,(H,17,19). The number of benzene rings is 1. The number of carbonyl (C=O) groups is 1. The maximum Gasteiger partial charge on any atom is 0.257 e. The van der Waals surface area contributed by atoms with Gasteiger partial charge in [-0.1, -0.05) is 15.9 Å². The number of amides is 1. The summed E-state index contributed by atoms with van der Waals surface area (Å²) in [6.07, 6.45) is 2.43. The van der Waals surface area contributed by atoms with E-state index in [0.717, 1.165) is 25.0 Å². The van der Waals surface area contributed by atoms with Gasteiger partial charge in [0.05, 0.1) is 0 Å². The Bertz CT molecular complexity index is 480. The predicted molar refractivity (Wildman–Crippen MR) is 69.8 cm³/mol. The minimum atomic E-state index is -0.892. The maximum absolute atomic E-state index is 13.6. The molecule has 3 nitrogen and oxygen atoms in total. The van der Waals surface area contributed by atoms with Gasteiger partial charge in [0.25, 0.3) is 5.91 Å². The number of aliphatic hydroxyl groups excluding tert-OH is 1. The molecule has 2 rings (SSSR count). The Hall–Kier alpha value is -1.01. The lowest BCUT2D eigenvalue weighted by atomic mass is 10.0. The van der Waals surface area contributed by atoms with Crippen LogP contribution in [0.5, 0.6) is 0 Å². The first-order valence-electron chi connectivity index (χ1n) is 6.01. The molecule has 0 radical (unpaired) electrons. The highest BCUT2D eigenvalue weighted by molar-refractivity contribution is 9.10. The van der Waals surface area contributed by atoms with Crippen LogP contribution in [0.25, 0.3) is 0 Å². The van der Waals surface area contributed by atoms with E-state index in [2.05, 4.69) is 21.2 Å². The van der Waals surface area contributed by atoms with E-state index in [4.69, 9.17) is 5.11 Å². The summed E-state index contributed by atoms with van der Waals surface area (Å²) in [5.41, 5.74) is -0.657. The first-order valence-corrected chi connectivity index (χ1v) is 6.80. The smallest absolute Gasteiger partial charge is 0.257 e. The molecule has 0 spiro atoms. The third kappa shape index (κ3) is 3.30. The highest BCUT2D eigenvalue weighted by Crippen LogP contribution is 2.47. The molecule has 1 aromatic rings. The Labute approximate surface area is 118 Å². The Morgan fingerprint density at radius 2 is 1.95 bits per heavy atom. The highest BCUT2D eigenvalue weighted by Gasteiger charge is 2.42. The second kappa shape index (κ2) is 5.54. The van der Waals surface area contributed by atoms with Gasteiger partial charge in [-0.25, -0.2) is 8.78 Å². The zero-order valence-electron chi connectivity index (χ0n) is 10.2. The van der Waals surface area contributed by atoms with Crippen molar-refractivity contribution >= 4 is 21.8 Å². The van der Waals surface area contributed by atoms with Crippen molar-refractivity contribution in [3.63, 3.8) is 0 Å². The highest BCUT2D eigenvalue weighted by atomic mass is 79.9. The fourth-order valence-electron chi connectivity index (χ4n) is 2.04. The fraction of sp³-hybridized carbons (Fsp3) is 0.462. The number of rotatable bonds is 5. The third-order valence-corrected chi connectivity index (χ3v) is 3.91. The van der Waals surface area contributed by atoms with Crippen molar-refractivity contribution in [3.8, 4) is 0 Å². The SMILES string of the molecule is O=C(NCC1(CCO)CC1)c1c(F)cc(Br)cc1F. The first kappa shape index (κ1) is 14.4. The van der Waals surface area contributed by atoms with E-state index in [1.807, 2.05) is 0 Å². The van der Waals surface area contributed by atoms with Gasteiger partial charge in [-0.05, 0) is 36.8 Å². The average Bonchev–Trinajstić information content (AvgIpc) is 3.06. The second-order valence-electron chi connectivity index (χ2n) is 4.90. The minimum Gasteiger partial charge on any atom is -0.396 e. The van der Waals surface area contributed by atoms with Crippen LogP contribution >= 0.6 is 15.9 Å². The lowest BCUT2D eigenvalue weighted by Gasteiger charge is -2.15. The molecule has 0 heterocycles. The average molecular weight is 334 g/mol. The number of hydrogen-bond donors (Lipinski definition) is 2. The Kier molecular flexibility index (Phi) is 4.20. The topological polar surface area (TPSA) is 49.3 Å². The molecule has 0 unspecified atom stereocenters. The van der Waals surface area contributed by atoms with Crippen LogP contribution in [-0.4, -0.2) is 24.2 Å². The Morgan fingerprint density at radius 3 is 2.42 bits per heavy atom. The van der Waals surface area contributed by atoms with Crippen molar-refractivity contribution in [2.75, 3.05) is 13.2 Å². The molecule has 1 saturated carbocycles. The normalized spacial score (nSPS) is 16.2. The van der Waals surface area contributed by atoms with Gasteiger partial charge in [-0.15, -0.1) is 0 Å². The number of halogens is 3. The summed E-state index contributed by atoms with van der Waals surface area (Å²) in [7, 11) is 0.